The van der Waals surface area contributed by atoms with E-state index < -0.39 is 8.80 Å². The third-order valence-corrected chi connectivity index (χ3v) is 5.79. The lowest BCUT2D eigenvalue weighted by molar-refractivity contribution is 0.110. The van der Waals surface area contributed by atoms with Gasteiger partial charge in [0.25, 0.3) is 0 Å². The van der Waals surface area contributed by atoms with Crippen LogP contribution in [0.3, 0.4) is 0 Å². The SMILES string of the molecule is CCCCCC1OC1[Si](OC)(OC)OC. The molecule has 0 spiro atoms. The second-order valence-electron chi connectivity index (χ2n) is 3.81. The molecule has 1 aliphatic heterocycles. The van der Waals surface area contributed by atoms with Gasteiger partial charge in [-0.15, -0.1) is 0 Å². The van der Waals surface area contributed by atoms with E-state index in [9.17, 15) is 0 Å². The smallest absolute Gasteiger partial charge is 0.375 e. The molecule has 1 fully saturated rings. The number of rotatable bonds is 8. The fraction of sp³-hybridized carbons (Fsp3) is 1.00. The summed E-state index contributed by atoms with van der Waals surface area (Å²) in [6.45, 7) is 2.20. The number of hydrogen-bond donors (Lipinski definition) is 0. The molecule has 90 valence electrons. The van der Waals surface area contributed by atoms with Crippen molar-refractivity contribution in [2.45, 2.75) is 44.4 Å². The van der Waals surface area contributed by atoms with E-state index in [4.69, 9.17) is 18.0 Å². The Bertz CT molecular complexity index is 176. The van der Waals surface area contributed by atoms with Gasteiger partial charge in [-0.2, -0.15) is 0 Å². The topological polar surface area (TPSA) is 40.2 Å². The average molecular weight is 234 g/mol. The zero-order chi connectivity index (χ0) is 11.3. The van der Waals surface area contributed by atoms with Crippen molar-refractivity contribution in [3.05, 3.63) is 0 Å². The molecule has 4 nitrogen and oxygen atoms in total. The molecule has 0 saturated carbocycles. The van der Waals surface area contributed by atoms with Crippen LogP contribution in [0.2, 0.25) is 0 Å². The molecule has 0 bridgehead atoms. The Morgan fingerprint density at radius 2 is 1.67 bits per heavy atom. The lowest BCUT2D eigenvalue weighted by Crippen LogP contribution is -2.50. The number of hydrogen-bond acceptors (Lipinski definition) is 4. The van der Waals surface area contributed by atoms with Crippen molar-refractivity contribution in [1.82, 2.24) is 0 Å². The Balaban J connectivity index is 2.33. The van der Waals surface area contributed by atoms with Gasteiger partial charge in [-0.05, 0) is 6.42 Å². The van der Waals surface area contributed by atoms with Crippen LogP contribution in [0.1, 0.15) is 32.6 Å². The lowest BCUT2D eigenvalue weighted by Gasteiger charge is -2.22. The number of epoxide rings is 1. The van der Waals surface area contributed by atoms with E-state index in [1.807, 2.05) is 0 Å². The van der Waals surface area contributed by atoms with Gasteiger partial charge < -0.3 is 18.0 Å². The first kappa shape index (κ1) is 13.1. The highest BCUT2D eigenvalue weighted by Crippen LogP contribution is 2.35. The largest absolute Gasteiger partial charge is 0.533 e. The summed E-state index contributed by atoms with van der Waals surface area (Å²) in [6, 6.07) is 0. The van der Waals surface area contributed by atoms with E-state index in [1.54, 1.807) is 21.3 Å². The lowest BCUT2D eigenvalue weighted by atomic mass is 10.2. The Morgan fingerprint density at radius 3 is 2.13 bits per heavy atom. The van der Waals surface area contributed by atoms with E-state index >= 15 is 0 Å². The van der Waals surface area contributed by atoms with Crippen molar-refractivity contribution in [2.75, 3.05) is 21.3 Å². The van der Waals surface area contributed by atoms with Crippen LogP contribution >= 0.6 is 0 Å². The predicted octanol–water partition coefficient (Wildman–Crippen LogP) is 1.75. The molecule has 0 aromatic carbocycles. The fourth-order valence-corrected chi connectivity index (χ4v) is 4.03. The van der Waals surface area contributed by atoms with Gasteiger partial charge in [0.05, 0.1) is 6.10 Å². The molecule has 1 rings (SSSR count). The van der Waals surface area contributed by atoms with E-state index in [1.165, 1.54) is 19.3 Å². The summed E-state index contributed by atoms with van der Waals surface area (Å²) in [5.41, 5.74) is 0.0503. The Hall–Kier alpha value is 0.0569. The fourth-order valence-electron chi connectivity index (χ4n) is 1.87. The van der Waals surface area contributed by atoms with Crippen LogP contribution in [0.25, 0.3) is 0 Å². The minimum atomic E-state index is -2.53. The highest BCUT2D eigenvalue weighted by molar-refractivity contribution is 6.63. The quantitative estimate of drug-likeness (QED) is 0.364. The molecule has 0 aromatic heterocycles. The standard InChI is InChI=1S/C10H22O4Si/c1-5-6-7-8-9-10(14-9)15(11-2,12-3)13-4/h9-10H,5-8H2,1-4H3. The van der Waals surface area contributed by atoms with E-state index in [-0.39, 0.29) is 11.8 Å². The van der Waals surface area contributed by atoms with Crippen LogP contribution in [0, 0.1) is 0 Å². The van der Waals surface area contributed by atoms with Crippen LogP contribution in [-0.4, -0.2) is 42.0 Å². The van der Waals surface area contributed by atoms with Gasteiger partial charge in [-0.25, -0.2) is 0 Å². The maximum atomic E-state index is 5.59. The molecule has 0 N–H and O–H groups in total. The van der Waals surface area contributed by atoms with Gasteiger partial charge in [-0.3, -0.25) is 0 Å². The first-order chi connectivity index (χ1) is 7.24. The summed E-state index contributed by atoms with van der Waals surface area (Å²) in [6.07, 6.45) is 5.07. The van der Waals surface area contributed by atoms with Crippen molar-refractivity contribution in [2.24, 2.45) is 0 Å². The van der Waals surface area contributed by atoms with Gasteiger partial charge in [0.2, 0.25) is 0 Å². The van der Waals surface area contributed by atoms with Gasteiger partial charge in [-0.1, -0.05) is 26.2 Å². The summed E-state index contributed by atoms with van der Waals surface area (Å²) in [7, 11) is 2.36. The third-order valence-electron chi connectivity index (χ3n) is 2.88. The Labute approximate surface area is 93.2 Å². The molecule has 1 heterocycles. The summed E-state index contributed by atoms with van der Waals surface area (Å²) in [5, 5.41) is 0. The molecule has 0 aliphatic carbocycles. The van der Waals surface area contributed by atoms with Crippen molar-refractivity contribution < 1.29 is 18.0 Å². The van der Waals surface area contributed by atoms with Gasteiger partial charge in [0, 0.05) is 21.3 Å². The van der Waals surface area contributed by atoms with Crippen molar-refractivity contribution >= 4 is 8.80 Å². The molecule has 1 aliphatic rings. The van der Waals surface area contributed by atoms with E-state index in [0.717, 1.165) is 6.42 Å². The van der Waals surface area contributed by atoms with Gasteiger partial charge >= 0.3 is 8.80 Å². The normalized spacial score (nSPS) is 25.6. The van der Waals surface area contributed by atoms with Gasteiger partial charge in [0.1, 0.15) is 0 Å². The molecule has 2 unspecified atom stereocenters. The van der Waals surface area contributed by atoms with Crippen LogP contribution < -0.4 is 0 Å². The summed E-state index contributed by atoms with van der Waals surface area (Å²) >= 11 is 0. The maximum Gasteiger partial charge on any atom is 0.533 e. The second kappa shape index (κ2) is 5.96. The minimum absolute atomic E-state index is 0.0503. The summed E-state index contributed by atoms with van der Waals surface area (Å²) in [5.74, 6) is 0. The number of ether oxygens (including phenoxy) is 1. The maximum absolute atomic E-state index is 5.59. The zero-order valence-electron chi connectivity index (χ0n) is 10.1. The molecule has 1 saturated heterocycles. The Morgan fingerprint density at radius 1 is 1.07 bits per heavy atom. The third kappa shape index (κ3) is 3.01. The van der Waals surface area contributed by atoms with Crippen molar-refractivity contribution in [3.8, 4) is 0 Å². The van der Waals surface area contributed by atoms with Crippen LogP contribution in [0.5, 0.6) is 0 Å². The first-order valence-corrected chi connectivity index (χ1v) is 7.35. The van der Waals surface area contributed by atoms with Crippen LogP contribution in [-0.2, 0) is 18.0 Å². The minimum Gasteiger partial charge on any atom is -0.375 e. The highest BCUT2D eigenvalue weighted by atomic mass is 28.4. The van der Waals surface area contributed by atoms with Gasteiger partial charge in [0.15, 0.2) is 5.73 Å². The second-order valence-corrected chi connectivity index (χ2v) is 6.81. The molecule has 2 atom stereocenters. The van der Waals surface area contributed by atoms with Crippen molar-refractivity contribution in [3.63, 3.8) is 0 Å². The average Bonchev–Trinajstić information content (AvgIpc) is 3.02. The van der Waals surface area contributed by atoms with Crippen LogP contribution in [0.15, 0.2) is 0 Å². The van der Waals surface area contributed by atoms with Crippen LogP contribution in [0.4, 0.5) is 0 Å². The summed E-state index contributed by atoms with van der Waals surface area (Å²) in [4.78, 5) is 0. The Kier molecular flexibility index (Phi) is 5.21. The van der Waals surface area contributed by atoms with E-state index in [0.29, 0.717) is 0 Å². The van der Waals surface area contributed by atoms with Crippen molar-refractivity contribution in [1.29, 1.82) is 0 Å². The molecule has 0 aromatic rings. The molecular weight excluding hydrogens is 212 g/mol. The monoisotopic (exact) mass is 234 g/mol. The van der Waals surface area contributed by atoms with E-state index in [2.05, 4.69) is 6.92 Å². The molecular formula is C10H22O4Si. The first-order valence-electron chi connectivity index (χ1n) is 5.55. The summed E-state index contributed by atoms with van der Waals surface area (Å²) < 4.78 is 21.7. The molecule has 15 heavy (non-hydrogen) atoms. The molecule has 5 heteroatoms. The molecule has 0 amide bonds. The highest BCUT2D eigenvalue weighted by Gasteiger charge is 2.61. The zero-order valence-corrected chi connectivity index (χ0v) is 11.1. The number of unbranched alkanes of at least 4 members (excludes halogenated alkanes) is 2. The molecule has 0 radical (unpaired) electrons. The predicted molar refractivity (Wildman–Crippen MR) is 59.6 cm³/mol.